The maximum Gasteiger partial charge on any atom is 0.246 e. The van der Waals surface area contributed by atoms with Crippen molar-refractivity contribution in [2.24, 2.45) is 0 Å². The smallest absolute Gasteiger partial charge is 0.246 e. The summed E-state index contributed by atoms with van der Waals surface area (Å²) in [5, 5.41) is 1.21. The Bertz CT molecular complexity index is 830. The zero-order valence-corrected chi connectivity index (χ0v) is 15.2. The molecule has 130 valence electrons. The van der Waals surface area contributed by atoms with Gasteiger partial charge in [0.05, 0.1) is 5.52 Å². The lowest BCUT2D eigenvalue weighted by molar-refractivity contribution is -0.126. The van der Waals surface area contributed by atoms with Crippen molar-refractivity contribution >= 4 is 22.6 Å². The highest BCUT2D eigenvalue weighted by Gasteiger charge is 2.21. The van der Waals surface area contributed by atoms with Crippen LogP contribution in [0, 0.1) is 13.8 Å². The number of nitrogens with zero attached hydrogens (tertiary/aromatic N) is 3. The van der Waals surface area contributed by atoms with Gasteiger partial charge in [-0.1, -0.05) is 36.4 Å². The number of hydrogen-bond acceptors (Lipinski definition) is 3. The summed E-state index contributed by atoms with van der Waals surface area (Å²) >= 11 is 0. The second-order valence-corrected chi connectivity index (χ2v) is 6.47. The number of benzene rings is 1. The Balaban J connectivity index is 1.74. The molecule has 4 heteroatoms. The van der Waals surface area contributed by atoms with Gasteiger partial charge in [0.15, 0.2) is 0 Å². The van der Waals surface area contributed by atoms with Gasteiger partial charge >= 0.3 is 0 Å². The highest BCUT2D eigenvalue weighted by Crippen LogP contribution is 2.25. The molecule has 0 unspecified atom stereocenters. The van der Waals surface area contributed by atoms with E-state index >= 15 is 0 Å². The monoisotopic (exact) mass is 335 g/mol. The van der Waals surface area contributed by atoms with Crippen molar-refractivity contribution in [2.75, 3.05) is 31.1 Å². The van der Waals surface area contributed by atoms with Gasteiger partial charge in [-0.25, -0.2) is 4.98 Å². The summed E-state index contributed by atoms with van der Waals surface area (Å²) in [4.78, 5) is 21.2. The highest BCUT2D eigenvalue weighted by atomic mass is 16.2. The molecule has 1 fully saturated rings. The van der Waals surface area contributed by atoms with Crippen LogP contribution in [-0.2, 0) is 4.79 Å². The lowest BCUT2D eigenvalue weighted by atomic mass is 10.1. The predicted octanol–water partition coefficient (Wildman–Crippen LogP) is 3.63. The van der Waals surface area contributed by atoms with Crippen LogP contribution in [0.4, 0.5) is 5.82 Å². The molecule has 0 radical (unpaired) electrons. The van der Waals surface area contributed by atoms with Crippen LogP contribution < -0.4 is 4.90 Å². The molecule has 0 spiro atoms. The molecule has 4 nitrogen and oxygen atoms in total. The van der Waals surface area contributed by atoms with Crippen molar-refractivity contribution in [1.29, 1.82) is 0 Å². The first-order chi connectivity index (χ1) is 12.1. The quantitative estimate of drug-likeness (QED) is 0.635. The van der Waals surface area contributed by atoms with Crippen LogP contribution in [0.2, 0.25) is 0 Å². The van der Waals surface area contributed by atoms with Crippen LogP contribution in [0.3, 0.4) is 0 Å². The van der Waals surface area contributed by atoms with Crippen molar-refractivity contribution < 1.29 is 4.79 Å². The number of amides is 1. The van der Waals surface area contributed by atoms with Crippen LogP contribution in [-0.4, -0.2) is 42.0 Å². The van der Waals surface area contributed by atoms with E-state index in [9.17, 15) is 4.79 Å². The van der Waals surface area contributed by atoms with Gasteiger partial charge in [-0.2, -0.15) is 0 Å². The van der Waals surface area contributed by atoms with Gasteiger partial charge in [-0.3, -0.25) is 4.79 Å². The van der Waals surface area contributed by atoms with Crippen LogP contribution >= 0.6 is 0 Å². The van der Waals surface area contributed by atoms with E-state index in [1.165, 1.54) is 16.5 Å². The number of aryl methyl sites for hydroxylation is 2. The van der Waals surface area contributed by atoms with E-state index in [1.54, 1.807) is 12.2 Å². The molecule has 0 N–H and O–H groups in total. The molecule has 0 saturated carbocycles. The molecule has 1 saturated heterocycles. The van der Waals surface area contributed by atoms with Crippen molar-refractivity contribution in [1.82, 2.24) is 9.88 Å². The van der Waals surface area contributed by atoms with Gasteiger partial charge < -0.3 is 9.80 Å². The fraction of sp³-hybridized carbons (Fsp3) is 0.333. The summed E-state index contributed by atoms with van der Waals surface area (Å²) in [5.74, 6) is 1.09. The van der Waals surface area contributed by atoms with Crippen LogP contribution in [0.1, 0.15) is 18.1 Å². The molecule has 1 aromatic heterocycles. The Morgan fingerprint density at radius 3 is 2.56 bits per heavy atom. The maximum atomic E-state index is 12.2. The van der Waals surface area contributed by atoms with E-state index in [0.29, 0.717) is 0 Å². The lowest BCUT2D eigenvalue weighted by Gasteiger charge is -2.35. The molecule has 1 aromatic carbocycles. The van der Waals surface area contributed by atoms with Crippen molar-refractivity contribution in [3.63, 3.8) is 0 Å². The Hall–Kier alpha value is -2.62. The largest absolute Gasteiger partial charge is 0.353 e. The number of carbonyl (C=O) groups is 1. The van der Waals surface area contributed by atoms with E-state index in [0.717, 1.165) is 37.5 Å². The molecule has 2 heterocycles. The fourth-order valence-electron chi connectivity index (χ4n) is 3.22. The van der Waals surface area contributed by atoms with Crippen LogP contribution in [0.5, 0.6) is 0 Å². The summed E-state index contributed by atoms with van der Waals surface area (Å²) in [6.07, 6.45) is 7.22. The fourth-order valence-corrected chi connectivity index (χ4v) is 3.22. The SMILES string of the molecule is C/C=C/C=C/C(=O)N1CCN(c2cc(C)c3cccc(C)c3n2)CC1. The van der Waals surface area contributed by atoms with Crippen molar-refractivity contribution in [3.8, 4) is 0 Å². The maximum absolute atomic E-state index is 12.2. The number of anilines is 1. The first-order valence-corrected chi connectivity index (χ1v) is 8.80. The minimum absolute atomic E-state index is 0.0799. The number of allylic oxidation sites excluding steroid dienone is 3. The summed E-state index contributed by atoms with van der Waals surface area (Å²) in [7, 11) is 0. The number of fused-ring (bicyclic) bond motifs is 1. The standard InChI is InChI=1S/C21H25N3O/c1-4-5-6-10-20(25)24-13-11-23(12-14-24)19-15-17(3)18-9-7-8-16(2)21(18)22-19/h4-10,15H,11-14H2,1-3H3/b5-4+,10-6+. The predicted molar refractivity (Wildman–Crippen MR) is 104 cm³/mol. The Kier molecular flexibility index (Phi) is 5.17. The average Bonchev–Trinajstić information content (AvgIpc) is 2.63. The van der Waals surface area contributed by atoms with E-state index < -0.39 is 0 Å². The molecule has 1 amide bonds. The number of rotatable bonds is 3. The number of hydrogen-bond donors (Lipinski definition) is 0. The van der Waals surface area contributed by atoms with Crippen molar-refractivity contribution in [3.05, 3.63) is 59.7 Å². The van der Waals surface area contributed by atoms with Gasteiger partial charge in [0, 0.05) is 37.6 Å². The summed E-state index contributed by atoms with van der Waals surface area (Å²) in [5.41, 5.74) is 3.52. The Morgan fingerprint density at radius 2 is 1.84 bits per heavy atom. The van der Waals surface area contributed by atoms with E-state index in [1.807, 2.05) is 24.0 Å². The first kappa shape index (κ1) is 17.2. The second kappa shape index (κ2) is 7.51. The summed E-state index contributed by atoms with van der Waals surface area (Å²) in [6, 6.07) is 8.47. The number of piperazine rings is 1. The molecule has 0 atom stereocenters. The molecular weight excluding hydrogens is 310 g/mol. The Labute approximate surface area is 149 Å². The minimum Gasteiger partial charge on any atom is -0.353 e. The molecule has 1 aliphatic rings. The number of pyridine rings is 1. The summed E-state index contributed by atoms with van der Waals surface area (Å²) in [6.45, 7) is 9.26. The molecule has 2 aromatic rings. The first-order valence-electron chi connectivity index (χ1n) is 8.80. The molecule has 1 aliphatic heterocycles. The molecule has 3 rings (SSSR count). The van der Waals surface area contributed by atoms with Crippen LogP contribution in [0.25, 0.3) is 10.9 Å². The van der Waals surface area contributed by atoms with E-state index in [4.69, 9.17) is 4.98 Å². The minimum atomic E-state index is 0.0799. The zero-order valence-electron chi connectivity index (χ0n) is 15.2. The Morgan fingerprint density at radius 1 is 1.08 bits per heavy atom. The van der Waals surface area contributed by atoms with Gasteiger partial charge in [-0.05, 0) is 38.0 Å². The second-order valence-electron chi connectivity index (χ2n) is 6.47. The van der Waals surface area contributed by atoms with Gasteiger partial charge in [0.25, 0.3) is 0 Å². The van der Waals surface area contributed by atoms with E-state index in [-0.39, 0.29) is 5.91 Å². The number of para-hydroxylation sites is 1. The zero-order chi connectivity index (χ0) is 17.8. The van der Waals surface area contributed by atoms with Gasteiger partial charge in [0.2, 0.25) is 5.91 Å². The van der Waals surface area contributed by atoms with E-state index in [2.05, 4.69) is 43.0 Å². The third-order valence-electron chi connectivity index (χ3n) is 4.69. The lowest BCUT2D eigenvalue weighted by Crippen LogP contribution is -2.48. The molecule has 0 aliphatic carbocycles. The molecule has 25 heavy (non-hydrogen) atoms. The molecular formula is C21H25N3O. The van der Waals surface area contributed by atoms with Gasteiger partial charge in [-0.15, -0.1) is 0 Å². The number of carbonyl (C=O) groups excluding carboxylic acids is 1. The third-order valence-corrected chi connectivity index (χ3v) is 4.69. The third kappa shape index (κ3) is 3.73. The highest BCUT2D eigenvalue weighted by molar-refractivity contribution is 5.88. The number of aromatic nitrogens is 1. The van der Waals surface area contributed by atoms with Crippen LogP contribution in [0.15, 0.2) is 48.6 Å². The summed E-state index contributed by atoms with van der Waals surface area (Å²) < 4.78 is 0. The average molecular weight is 335 g/mol. The van der Waals surface area contributed by atoms with Crippen molar-refractivity contribution in [2.45, 2.75) is 20.8 Å². The normalized spacial score (nSPS) is 15.6. The van der Waals surface area contributed by atoms with Gasteiger partial charge in [0.1, 0.15) is 5.82 Å². The topological polar surface area (TPSA) is 36.4 Å². The molecule has 0 bridgehead atoms.